The van der Waals surface area contributed by atoms with Crippen molar-refractivity contribution in [1.29, 1.82) is 0 Å². The number of rotatable bonds is 3. The molecule has 0 aliphatic carbocycles. The Morgan fingerprint density at radius 1 is 1.33 bits per heavy atom. The second kappa shape index (κ2) is 4.19. The molecule has 1 rings (SSSR count). The van der Waals surface area contributed by atoms with Crippen LogP contribution in [0.25, 0.3) is 0 Å². The zero-order valence-corrected chi connectivity index (χ0v) is 9.84. The highest BCUT2D eigenvalue weighted by Gasteiger charge is 2.13. The van der Waals surface area contributed by atoms with Crippen molar-refractivity contribution in [1.82, 2.24) is 0 Å². The number of benzene rings is 1. The highest BCUT2D eigenvalue weighted by molar-refractivity contribution is 5.47. The summed E-state index contributed by atoms with van der Waals surface area (Å²) in [5, 5.41) is 0. The minimum absolute atomic E-state index is 0.193. The Bertz CT molecular complexity index is 340. The van der Waals surface area contributed by atoms with Crippen molar-refractivity contribution in [3.8, 4) is 0 Å². The van der Waals surface area contributed by atoms with Crippen LogP contribution in [0.3, 0.4) is 0 Å². The van der Waals surface area contributed by atoms with E-state index in [4.69, 9.17) is 5.73 Å². The lowest BCUT2D eigenvalue weighted by Crippen LogP contribution is -2.34. The summed E-state index contributed by atoms with van der Waals surface area (Å²) in [7, 11) is 3.65. The lowest BCUT2D eigenvalue weighted by molar-refractivity contribution is 0.514. The largest absolute Gasteiger partial charge is 0.375 e. The van der Waals surface area contributed by atoms with Crippen molar-refractivity contribution in [2.24, 2.45) is 5.73 Å². The first-order chi connectivity index (χ1) is 6.79. The molecule has 0 aliphatic rings. The van der Waals surface area contributed by atoms with Crippen LogP contribution in [0, 0.1) is 5.82 Å². The number of hydrogen-bond donors (Lipinski definition) is 1. The summed E-state index contributed by atoms with van der Waals surface area (Å²) >= 11 is 0. The first-order valence-electron chi connectivity index (χ1n) is 5.04. The fourth-order valence-electron chi connectivity index (χ4n) is 1.55. The van der Waals surface area contributed by atoms with Crippen molar-refractivity contribution in [2.75, 3.05) is 19.0 Å². The van der Waals surface area contributed by atoms with Gasteiger partial charge >= 0.3 is 0 Å². The Morgan fingerprint density at radius 2 is 1.93 bits per heavy atom. The topological polar surface area (TPSA) is 29.3 Å². The van der Waals surface area contributed by atoms with Gasteiger partial charge in [0.25, 0.3) is 0 Å². The third-order valence-electron chi connectivity index (χ3n) is 2.15. The minimum atomic E-state index is -0.300. The second-order valence-corrected chi connectivity index (χ2v) is 4.85. The van der Waals surface area contributed by atoms with Crippen LogP contribution in [0.1, 0.15) is 19.4 Å². The normalized spacial score (nSPS) is 11.6. The molecule has 84 valence electrons. The Kier molecular flexibility index (Phi) is 3.35. The van der Waals surface area contributed by atoms with Crippen LogP contribution >= 0.6 is 0 Å². The molecule has 0 amide bonds. The average molecular weight is 210 g/mol. The molecule has 2 N–H and O–H groups in total. The van der Waals surface area contributed by atoms with E-state index in [1.54, 1.807) is 17.0 Å². The highest BCUT2D eigenvalue weighted by atomic mass is 19.1. The summed E-state index contributed by atoms with van der Waals surface area (Å²) in [6, 6.07) is 5.27. The maximum absolute atomic E-state index is 13.6. The van der Waals surface area contributed by atoms with E-state index in [-0.39, 0.29) is 11.4 Å². The van der Waals surface area contributed by atoms with Crippen molar-refractivity contribution in [3.05, 3.63) is 29.6 Å². The van der Waals surface area contributed by atoms with Gasteiger partial charge in [-0.25, -0.2) is 4.39 Å². The molecule has 0 atom stereocenters. The average Bonchev–Trinajstić information content (AvgIpc) is 1.99. The Morgan fingerprint density at radius 3 is 2.33 bits per heavy atom. The van der Waals surface area contributed by atoms with Gasteiger partial charge in [-0.1, -0.05) is 6.07 Å². The minimum Gasteiger partial charge on any atom is -0.375 e. The van der Waals surface area contributed by atoms with E-state index in [9.17, 15) is 4.39 Å². The molecule has 0 radical (unpaired) electrons. The molecule has 0 saturated carbocycles. The molecule has 0 fully saturated rings. The maximum atomic E-state index is 13.6. The third kappa shape index (κ3) is 3.51. The van der Waals surface area contributed by atoms with Crippen LogP contribution < -0.4 is 10.6 Å². The molecule has 0 heterocycles. The van der Waals surface area contributed by atoms with Gasteiger partial charge < -0.3 is 10.6 Å². The first kappa shape index (κ1) is 12.0. The van der Waals surface area contributed by atoms with Crippen molar-refractivity contribution < 1.29 is 4.39 Å². The maximum Gasteiger partial charge on any atom is 0.146 e. The van der Waals surface area contributed by atoms with Crippen LogP contribution in [0.4, 0.5) is 10.1 Å². The van der Waals surface area contributed by atoms with E-state index in [1.807, 2.05) is 34.0 Å². The number of nitrogens with zero attached hydrogens (tertiary/aromatic N) is 1. The van der Waals surface area contributed by atoms with Gasteiger partial charge in [-0.2, -0.15) is 0 Å². The first-order valence-corrected chi connectivity index (χ1v) is 5.04. The molecule has 1 aromatic rings. The molecule has 2 nitrogen and oxygen atoms in total. The Labute approximate surface area is 90.9 Å². The molecule has 3 heteroatoms. The lowest BCUT2D eigenvalue weighted by Gasteiger charge is -2.19. The molecular formula is C12H19FN2. The number of nitrogens with two attached hydrogens (primary N) is 1. The van der Waals surface area contributed by atoms with Crippen LogP contribution in [0.15, 0.2) is 18.2 Å². The van der Waals surface area contributed by atoms with Crippen molar-refractivity contribution >= 4 is 5.69 Å². The van der Waals surface area contributed by atoms with E-state index >= 15 is 0 Å². The predicted octanol–water partition coefficient (Wildman–Crippen LogP) is 2.17. The summed E-state index contributed by atoms with van der Waals surface area (Å²) in [6.07, 6.45) is 0.678. The van der Waals surface area contributed by atoms with Crippen LogP contribution in [-0.2, 0) is 6.42 Å². The van der Waals surface area contributed by atoms with E-state index in [0.29, 0.717) is 12.1 Å². The van der Waals surface area contributed by atoms with E-state index in [1.165, 1.54) is 0 Å². The molecule has 0 unspecified atom stereocenters. The number of halogens is 1. The number of anilines is 1. The quantitative estimate of drug-likeness (QED) is 0.828. The Balaban J connectivity index is 2.92. The number of hydrogen-bond acceptors (Lipinski definition) is 2. The van der Waals surface area contributed by atoms with Gasteiger partial charge in [0.15, 0.2) is 0 Å². The molecular weight excluding hydrogens is 191 g/mol. The molecule has 0 saturated heterocycles. The molecule has 0 spiro atoms. The van der Waals surface area contributed by atoms with Gasteiger partial charge in [-0.15, -0.1) is 0 Å². The summed E-state index contributed by atoms with van der Waals surface area (Å²) in [4.78, 5) is 1.76. The smallest absolute Gasteiger partial charge is 0.146 e. The molecule has 0 bridgehead atoms. The lowest BCUT2D eigenvalue weighted by atomic mass is 9.96. The standard InChI is InChI=1S/C12H19FN2/c1-12(2,14)8-9-5-6-11(15(3)4)10(13)7-9/h5-7H,8,14H2,1-4H3. The van der Waals surface area contributed by atoms with E-state index < -0.39 is 0 Å². The summed E-state index contributed by atoms with van der Waals surface area (Å²) in [5.41, 5.74) is 7.12. The fraction of sp³-hybridized carbons (Fsp3) is 0.500. The summed E-state index contributed by atoms with van der Waals surface area (Å²) in [6.45, 7) is 3.87. The second-order valence-electron chi connectivity index (χ2n) is 4.85. The zero-order valence-electron chi connectivity index (χ0n) is 9.84. The van der Waals surface area contributed by atoms with Crippen LogP contribution in [-0.4, -0.2) is 19.6 Å². The summed E-state index contributed by atoms with van der Waals surface area (Å²) < 4.78 is 13.6. The van der Waals surface area contributed by atoms with Gasteiger partial charge in [0, 0.05) is 19.6 Å². The SMILES string of the molecule is CN(C)c1ccc(CC(C)(C)N)cc1F. The zero-order chi connectivity index (χ0) is 11.6. The van der Waals surface area contributed by atoms with E-state index in [0.717, 1.165) is 5.56 Å². The van der Waals surface area contributed by atoms with Gasteiger partial charge in [0.05, 0.1) is 5.69 Å². The monoisotopic (exact) mass is 210 g/mol. The predicted molar refractivity (Wildman–Crippen MR) is 62.7 cm³/mol. The van der Waals surface area contributed by atoms with Crippen molar-refractivity contribution in [2.45, 2.75) is 25.8 Å². The van der Waals surface area contributed by atoms with Gasteiger partial charge in [-0.05, 0) is 38.0 Å². The Hall–Kier alpha value is -1.09. The third-order valence-corrected chi connectivity index (χ3v) is 2.15. The van der Waals surface area contributed by atoms with E-state index in [2.05, 4.69) is 0 Å². The highest BCUT2D eigenvalue weighted by Crippen LogP contribution is 2.20. The van der Waals surface area contributed by atoms with Gasteiger partial charge in [0.2, 0.25) is 0 Å². The molecule has 15 heavy (non-hydrogen) atoms. The van der Waals surface area contributed by atoms with Gasteiger partial charge in [-0.3, -0.25) is 0 Å². The molecule has 1 aromatic carbocycles. The van der Waals surface area contributed by atoms with Crippen LogP contribution in [0.2, 0.25) is 0 Å². The molecule has 0 aliphatic heterocycles. The fourth-order valence-corrected chi connectivity index (χ4v) is 1.55. The van der Waals surface area contributed by atoms with Crippen molar-refractivity contribution in [3.63, 3.8) is 0 Å². The van der Waals surface area contributed by atoms with Gasteiger partial charge in [0.1, 0.15) is 5.82 Å². The summed E-state index contributed by atoms with van der Waals surface area (Å²) in [5.74, 6) is -0.193. The molecule has 0 aromatic heterocycles. The van der Waals surface area contributed by atoms with Crippen LogP contribution in [0.5, 0.6) is 0 Å².